The highest BCUT2D eigenvalue weighted by atomic mass is 32.3. The average Bonchev–Trinajstić information content (AvgIpc) is 3.61. The second-order valence-corrected chi connectivity index (χ2v) is 16.5. The van der Waals surface area contributed by atoms with Crippen molar-refractivity contribution in [1.82, 2.24) is 25.7 Å². The molecular weight excluding hydrogens is 805 g/mol. The number of amides is 2. The number of aliphatic carboxylic acids is 1. The molecule has 3 aliphatic rings. The summed E-state index contributed by atoms with van der Waals surface area (Å²) in [5.74, 6) is -2.09. The Morgan fingerprint density at radius 3 is 2.69 bits per heavy atom. The van der Waals surface area contributed by atoms with Gasteiger partial charge in [-0.2, -0.15) is 13.5 Å². The molecule has 2 amide bonds. The van der Waals surface area contributed by atoms with Crippen molar-refractivity contribution in [3.8, 4) is 16.9 Å². The lowest BCUT2D eigenvalue weighted by Crippen LogP contribution is -2.77. The van der Waals surface area contributed by atoms with E-state index in [1.54, 1.807) is 12.3 Å². The molecule has 6 rings (SSSR count). The Morgan fingerprint density at radius 2 is 2.07 bits per heavy atom. The smallest absolute Gasteiger partial charge is 0.473 e. The summed E-state index contributed by atoms with van der Waals surface area (Å²) in [5, 5.41) is 35.0. The first kappa shape index (κ1) is 42.1. The molecule has 3 aliphatic heterocycles. The number of aliphatic hydroxyl groups is 1. The van der Waals surface area contributed by atoms with Crippen LogP contribution in [0.5, 0.6) is 5.75 Å². The lowest BCUT2D eigenvalue weighted by atomic mass is 9.84. The van der Waals surface area contributed by atoms with Gasteiger partial charge in [0.2, 0.25) is 0 Å². The minimum Gasteiger partial charge on any atom is -0.485 e. The molecule has 0 saturated carbocycles. The van der Waals surface area contributed by atoms with Crippen molar-refractivity contribution in [2.24, 2.45) is 16.8 Å². The van der Waals surface area contributed by atoms with Crippen LogP contribution in [0.1, 0.15) is 38.4 Å². The van der Waals surface area contributed by atoms with E-state index in [0.29, 0.717) is 35.6 Å². The standard InChI is InChI=1S/C34H42N10O12S2/c1-33(2)27(29(48)44(33)56-58(51,52)53-17-45)41-28(47)26(23-16-57-31(36)40-23)42-55-34(3,30(49)50)25-7-5-20-8-19(4-6-24(20)54-25)21-12-38-32(39-13-22(46)9-35)43(15-21)14-18-10-37-11-18/h4,6,8,12,15-18,22,25,27,37,46H,5,7,9-11,13-14,35H2,1-3H3,(H4,36,40,41,47,49,50)/p+1/b42-26-/t22-,25+,27+,34-/m0/s1. The fourth-order valence-electron chi connectivity index (χ4n) is 6.37. The summed E-state index contributed by atoms with van der Waals surface area (Å²) < 4.78 is 40.3. The fourth-order valence-corrected chi connectivity index (χ4v) is 7.49. The van der Waals surface area contributed by atoms with Crippen LogP contribution in [0, 0.1) is 5.92 Å². The van der Waals surface area contributed by atoms with E-state index >= 15 is 0 Å². The maximum Gasteiger partial charge on any atom is 0.473 e. The molecule has 4 atom stereocenters. The van der Waals surface area contributed by atoms with Crippen molar-refractivity contribution in [3.63, 3.8) is 0 Å². The van der Waals surface area contributed by atoms with E-state index in [9.17, 15) is 37.8 Å². The SMILES string of the molecule is CC1(C)[C@H](NC(=O)/C(=N\O[C@](C)(C(=O)O)[C@H]2CCc3cc(-c4cnc(NC[C@@H](O)CN)[n+](CC5CNC5)c4)ccc3O2)c2csc(N)n2)C(=O)N1OS(=O)(=O)OC=O. The Kier molecular flexibility index (Phi) is 12.2. The average molecular weight is 848 g/mol. The van der Waals surface area contributed by atoms with E-state index in [0.717, 1.165) is 41.1 Å². The zero-order valence-electron chi connectivity index (χ0n) is 31.5. The highest BCUT2D eigenvalue weighted by Crippen LogP contribution is 2.37. The number of nitrogens with one attached hydrogen (secondary N) is 3. The Morgan fingerprint density at radius 1 is 1.31 bits per heavy atom. The molecule has 58 heavy (non-hydrogen) atoms. The molecule has 2 aromatic heterocycles. The largest absolute Gasteiger partial charge is 0.485 e. The molecule has 312 valence electrons. The summed E-state index contributed by atoms with van der Waals surface area (Å²) in [6.45, 7) is 6.39. The summed E-state index contributed by atoms with van der Waals surface area (Å²) in [5.41, 5.74) is 9.57. The van der Waals surface area contributed by atoms with Crippen LogP contribution in [0.3, 0.4) is 0 Å². The number of anilines is 2. The summed E-state index contributed by atoms with van der Waals surface area (Å²) in [4.78, 5) is 64.2. The Balaban J connectivity index is 1.19. The molecule has 2 saturated heterocycles. The first-order valence-electron chi connectivity index (χ1n) is 17.9. The number of nitrogens with two attached hydrogens (primary N) is 2. The number of hydrogen-bond donors (Lipinski definition) is 7. The van der Waals surface area contributed by atoms with Crippen molar-refractivity contribution in [2.45, 2.75) is 69.5 Å². The molecule has 24 heteroatoms. The fraction of sp³-hybridized carbons (Fsp3) is 0.471. The quantitative estimate of drug-likeness (QED) is 0.0250. The van der Waals surface area contributed by atoms with Crippen LogP contribution in [0.15, 0.2) is 41.1 Å². The van der Waals surface area contributed by atoms with Crippen LogP contribution >= 0.6 is 11.3 Å². The number of oxime groups is 1. The number of nitrogen functional groups attached to an aromatic ring is 1. The molecule has 0 aliphatic carbocycles. The van der Waals surface area contributed by atoms with Crippen LogP contribution < -0.4 is 36.7 Å². The number of nitrogens with zero attached hydrogens (tertiary/aromatic N) is 5. The molecule has 5 heterocycles. The first-order valence-corrected chi connectivity index (χ1v) is 20.1. The molecular formula is C34H43N10O12S2+. The minimum atomic E-state index is -4.92. The van der Waals surface area contributed by atoms with E-state index in [2.05, 4.69) is 39.5 Å². The molecule has 1 aromatic carbocycles. The van der Waals surface area contributed by atoms with E-state index in [1.807, 2.05) is 22.9 Å². The van der Waals surface area contributed by atoms with E-state index in [4.69, 9.17) is 21.0 Å². The van der Waals surface area contributed by atoms with Crippen LogP contribution in [-0.2, 0) is 55.8 Å². The third-order valence-corrected chi connectivity index (χ3v) is 11.3. The summed E-state index contributed by atoms with van der Waals surface area (Å²) in [6, 6.07) is 4.11. The number of aromatic nitrogens is 3. The number of hydrogen-bond acceptors (Lipinski definition) is 19. The molecule has 3 aromatic rings. The van der Waals surface area contributed by atoms with Crippen molar-refractivity contribution in [2.75, 3.05) is 37.2 Å². The third kappa shape index (κ3) is 8.80. The Labute approximate surface area is 335 Å². The molecule has 2 fully saturated rings. The number of fused-ring (bicyclic) bond motifs is 1. The van der Waals surface area contributed by atoms with E-state index in [-0.39, 0.29) is 30.3 Å². The lowest BCUT2D eigenvalue weighted by Gasteiger charge is -2.50. The van der Waals surface area contributed by atoms with E-state index < -0.39 is 69.8 Å². The summed E-state index contributed by atoms with van der Waals surface area (Å²) >= 11 is 0.952. The van der Waals surface area contributed by atoms with Gasteiger partial charge in [-0.15, -0.1) is 15.6 Å². The van der Waals surface area contributed by atoms with Crippen molar-refractivity contribution >= 4 is 62.8 Å². The molecule has 0 spiro atoms. The van der Waals surface area contributed by atoms with Crippen LogP contribution in [0.25, 0.3) is 11.1 Å². The van der Waals surface area contributed by atoms with Crippen LogP contribution in [0.4, 0.5) is 11.1 Å². The zero-order chi connectivity index (χ0) is 42.0. The second kappa shape index (κ2) is 16.8. The Bertz CT molecular complexity index is 2220. The Hall–Kier alpha value is -5.53. The highest BCUT2D eigenvalue weighted by Gasteiger charge is 2.58. The van der Waals surface area contributed by atoms with Gasteiger partial charge in [0.05, 0.1) is 30.9 Å². The lowest BCUT2D eigenvalue weighted by molar-refractivity contribution is -0.692. The van der Waals surface area contributed by atoms with Gasteiger partial charge >= 0.3 is 28.8 Å². The predicted molar refractivity (Wildman–Crippen MR) is 203 cm³/mol. The highest BCUT2D eigenvalue weighted by molar-refractivity contribution is 7.82. The van der Waals surface area contributed by atoms with Gasteiger partial charge in [-0.3, -0.25) is 19.7 Å². The molecule has 9 N–H and O–H groups in total. The predicted octanol–water partition coefficient (Wildman–Crippen LogP) is -1.56. The van der Waals surface area contributed by atoms with Gasteiger partial charge in [-0.1, -0.05) is 16.2 Å². The van der Waals surface area contributed by atoms with Crippen molar-refractivity contribution in [3.05, 3.63) is 47.2 Å². The number of carboxylic acid groups (broad SMARTS) is 1. The van der Waals surface area contributed by atoms with Gasteiger partial charge in [0.1, 0.15) is 23.7 Å². The topological polar surface area (TPSA) is 313 Å². The van der Waals surface area contributed by atoms with Crippen molar-refractivity contribution in [1.29, 1.82) is 0 Å². The van der Waals surface area contributed by atoms with Gasteiger partial charge in [-0.05, 0) is 56.9 Å². The monoisotopic (exact) mass is 847 g/mol. The molecule has 0 unspecified atom stereocenters. The maximum absolute atomic E-state index is 13.6. The summed E-state index contributed by atoms with van der Waals surface area (Å²) in [6.07, 6.45) is 2.45. The molecule has 0 radical (unpaired) electrons. The number of benzene rings is 1. The summed E-state index contributed by atoms with van der Waals surface area (Å²) in [7, 11) is -4.92. The number of carbonyl (C=O) groups is 4. The maximum atomic E-state index is 13.6. The number of aliphatic hydroxyl groups excluding tert-OH is 1. The van der Waals surface area contributed by atoms with Gasteiger partial charge in [0, 0.05) is 36.5 Å². The number of carboxylic acids is 1. The number of hydroxylamine groups is 2. The zero-order valence-corrected chi connectivity index (χ0v) is 33.1. The van der Waals surface area contributed by atoms with Crippen LogP contribution in [-0.4, -0.2) is 119 Å². The van der Waals surface area contributed by atoms with Gasteiger partial charge in [0.15, 0.2) is 16.9 Å². The van der Waals surface area contributed by atoms with Crippen molar-refractivity contribution < 1.29 is 60.4 Å². The van der Waals surface area contributed by atoms with Crippen LogP contribution in [0.2, 0.25) is 0 Å². The first-order chi connectivity index (χ1) is 27.4. The minimum absolute atomic E-state index is 0.0410. The number of carbonyl (C=O) groups excluding carboxylic acids is 3. The number of thiazole rings is 1. The van der Waals surface area contributed by atoms with Gasteiger partial charge in [0.25, 0.3) is 17.4 Å². The number of rotatable bonds is 18. The van der Waals surface area contributed by atoms with E-state index in [1.165, 1.54) is 26.2 Å². The number of aryl methyl sites for hydroxylation is 1. The van der Waals surface area contributed by atoms with Gasteiger partial charge < -0.3 is 46.1 Å². The number of ether oxygens (including phenoxy) is 1. The third-order valence-electron chi connectivity index (χ3n) is 9.94. The molecule has 0 bridgehead atoms. The molecule has 22 nitrogen and oxygen atoms in total. The second-order valence-electron chi connectivity index (χ2n) is 14.5. The van der Waals surface area contributed by atoms with Gasteiger partial charge in [-0.25, -0.2) is 14.3 Å². The number of β-lactam (4-membered cyclic amide) rings is 1. The normalized spacial score (nSPS) is 20.6.